The van der Waals surface area contributed by atoms with Crippen LogP contribution in [-0.2, 0) is 14.8 Å². The Balaban J connectivity index is 2.32. The van der Waals surface area contributed by atoms with Crippen LogP contribution in [0.5, 0.6) is 5.75 Å². The van der Waals surface area contributed by atoms with E-state index in [0.29, 0.717) is 27.7 Å². The summed E-state index contributed by atoms with van der Waals surface area (Å²) < 4.78 is 29.1. The highest BCUT2D eigenvalue weighted by atomic mass is 79.9. The molecule has 1 saturated heterocycles. The third kappa shape index (κ3) is 3.16. The molecule has 1 aliphatic heterocycles. The van der Waals surface area contributed by atoms with Crippen LogP contribution < -0.4 is 9.88 Å². The number of primary sulfonamides is 1. The van der Waals surface area contributed by atoms with E-state index >= 15 is 0 Å². The second-order valence-corrected chi connectivity index (χ2v) is 7.69. The van der Waals surface area contributed by atoms with E-state index in [-0.39, 0.29) is 10.8 Å². The Bertz CT molecular complexity index is 639. The smallest absolute Gasteiger partial charge is 0.263 e. The maximum Gasteiger partial charge on any atom is 0.263 e. The Kier molecular flexibility index (Phi) is 4.43. The molecular formula is C11H12Br2N2O4S. The minimum Gasteiger partial charge on any atom is -0.478 e. The van der Waals surface area contributed by atoms with E-state index in [1.165, 1.54) is 12.1 Å². The van der Waals surface area contributed by atoms with Crippen LogP contribution in [0.1, 0.15) is 6.42 Å². The fourth-order valence-electron chi connectivity index (χ4n) is 1.86. The zero-order chi connectivity index (χ0) is 15.1. The number of halogens is 2. The second-order valence-electron chi connectivity index (χ2n) is 4.42. The second kappa shape index (κ2) is 5.63. The summed E-state index contributed by atoms with van der Waals surface area (Å²) in [6.45, 7) is 0.633. The first-order chi connectivity index (χ1) is 9.20. The van der Waals surface area contributed by atoms with E-state index in [1.807, 2.05) is 0 Å². The molecule has 2 N–H and O–H groups in total. The molecule has 0 radical (unpaired) electrons. The molecule has 0 aromatic heterocycles. The summed E-state index contributed by atoms with van der Waals surface area (Å²) in [5, 5.41) is 5.08. The van der Waals surface area contributed by atoms with Crippen LogP contribution in [0.15, 0.2) is 26.0 Å². The monoisotopic (exact) mass is 426 g/mol. The van der Waals surface area contributed by atoms with E-state index in [2.05, 4.69) is 31.9 Å². The van der Waals surface area contributed by atoms with Crippen molar-refractivity contribution < 1.29 is 17.9 Å². The first-order valence-corrected chi connectivity index (χ1v) is 8.77. The van der Waals surface area contributed by atoms with Crippen LogP contribution in [0.25, 0.3) is 0 Å². The number of amides is 1. The summed E-state index contributed by atoms with van der Waals surface area (Å²) in [6.07, 6.45) is 0.0263. The van der Waals surface area contributed by atoms with Crippen LogP contribution >= 0.6 is 31.9 Å². The molecule has 0 aliphatic carbocycles. The van der Waals surface area contributed by atoms with Crippen molar-refractivity contribution in [3.05, 3.63) is 21.1 Å². The maximum absolute atomic E-state index is 11.8. The first kappa shape index (κ1) is 15.7. The third-order valence-corrected chi connectivity index (χ3v) is 5.01. The molecule has 1 aromatic carbocycles. The van der Waals surface area contributed by atoms with Crippen molar-refractivity contribution in [3.8, 4) is 5.75 Å². The summed E-state index contributed by atoms with van der Waals surface area (Å²) in [5.74, 6) is 0.283. The van der Waals surface area contributed by atoms with Crippen LogP contribution in [0.3, 0.4) is 0 Å². The number of nitrogens with zero attached hydrogens (tertiary/aromatic N) is 1. The van der Waals surface area contributed by atoms with Gasteiger partial charge in [0, 0.05) is 20.0 Å². The zero-order valence-corrected chi connectivity index (χ0v) is 14.5. The molecule has 0 spiro atoms. The van der Waals surface area contributed by atoms with Crippen molar-refractivity contribution in [2.75, 3.05) is 13.6 Å². The standard InChI is InChI=1S/C11H12Br2N2O4S/c1-15-3-2-9(11(15)16)19-10-7(12)4-6(5-8(10)13)20(14,17)18/h4-5,9H,2-3H2,1H3,(H2,14,17,18). The maximum atomic E-state index is 11.8. The molecule has 1 unspecified atom stereocenters. The predicted molar refractivity (Wildman–Crippen MR) is 79.9 cm³/mol. The Morgan fingerprint density at radius 1 is 1.35 bits per heavy atom. The van der Waals surface area contributed by atoms with Gasteiger partial charge in [0.25, 0.3) is 5.91 Å². The van der Waals surface area contributed by atoms with Crippen molar-refractivity contribution in [2.45, 2.75) is 17.4 Å². The van der Waals surface area contributed by atoms with Gasteiger partial charge in [-0.1, -0.05) is 0 Å². The van der Waals surface area contributed by atoms with Gasteiger partial charge in [-0.25, -0.2) is 13.6 Å². The Morgan fingerprint density at radius 2 is 1.90 bits per heavy atom. The van der Waals surface area contributed by atoms with Gasteiger partial charge in [-0.2, -0.15) is 0 Å². The van der Waals surface area contributed by atoms with Gasteiger partial charge in [-0.15, -0.1) is 0 Å². The summed E-state index contributed by atoms with van der Waals surface area (Å²) >= 11 is 6.47. The molecule has 1 fully saturated rings. The van der Waals surface area contributed by atoms with E-state index < -0.39 is 16.1 Å². The van der Waals surface area contributed by atoms with Gasteiger partial charge >= 0.3 is 0 Å². The lowest BCUT2D eigenvalue weighted by Crippen LogP contribution is -2.29. The average Bonchev–Trinajstić information content (AvgIpc) is 2.64. The molecule has 1 atom stereocenters. The molecule has 0 bridgehead atoms. The summed E-state index contributed by atoms with van der Waals surface area (Å²) in [4.78, 5) is 13.4. The topological polar surface area (TPSA) is 89.7 Å². The molecular weight excluding hydrogens is 416 g/mol. The Morgan fingerprint density at radius 3 is 2.30 bits per heavy atom. The lowest BCUT2D eigenvalue weighted by molar-refractivity contribution is -0.132. The molecule has 110 valence electrons. The summed E-state index contributed by atoms with van der Waals surface area (Å²) in [7, 11) is -2.09. The molecule has 2 rings (SSSR count). The van der Waals surface area contributed by atoms with Crippen LogP contribution in [0, 0.1) is 0 Å². The van der Waals surface area contributed by atoms with Crippen molar-refractivity contribution in [3.63, 3.8) is 0 Å². The van der Waals surface area contributed by atoms with E-state index in [1.54, 1.807) is 11.9 Å². The quantitative estimate of drug-likeness (QED) is 0.790. The molecule has 1 amide bonds. The van der Waals surface area contributed by atoms with E-state index in [0.717, 1.165) is 0 Å². The molecule has 0 saturated carbocycles. The SMILES string of the molecule is CN1CCC(Oc2c(Br)cc(S(N)(=O)=O)cc2Br)C1=O. The normalized spacial score (nSPS) is 19.5. The van der Waals surface area contributed by atoms with Crippen molar-refractivity contribution >= 4 is 47.8 Å². The van der Waals surface area contributed by atoms with Crippen LogP contribution in [0.4, 0.5) is 0 Å². The minimum atomic E-state index is -3.80. The first-order valence-electron chi connectivity index (χ1n) is 5.63. The Labute approximate surface area is 133 Å². The number of carbonyl (C=O) groups is 1. The molecule has 20 heavy (non-hydrogen) atoms. The molecule has 9 heteroatoms. The van der Waals surface area contributed by atoms with Gasteiger partial charge in [-0.05, 0) is 44.0 Å². The molecule has 1 aromatic rings. The van der Waals surface area contributed by atoms with Gasteiger partial charge < -0.3 is 9.64 Å². The number of benzene rings is 1. The van der Waals surface area contributed by atoms with E-state index in [9.17, 15) is 13.2 Å². The van der Waals surface area contributed by atoms with Gasteiger partial charge in [-0.3, -0.25) is 4.79 Å². The summed E-state index contributed by atoms with van der Waals surface area (Å²) in [6, 6.07) is 2.69. The predicted octanol–water partition coefficient (Wildman–Crippen LogP) is 1.47. The number of hydrogen-bond acceptors (Lipinski definition) is 4. The largest absolute Gasteiger partial charge is 0.478 e. The lowest BCUT2D eigenvalue weighted by Gasteiger charge is -2.16. The molecule has 1 aliphatic rings. The Hall–Kier alpha value is -0.640. The third-order valence-electron chi connectivity index (χ3n) is 2.94. The minimum absolute atomic E-state index is 0.0431. The van der Waals surface area contributed by atoms with Gasteiger partial charge in [0.05, 0.1) is 13.8 Å². The zero-order valence-electron chi connectivity index (χ0n) is 10.5. The average molecular weight is 428 g/mol. The number of hydrogen-bond donors (Lipinski definition) is 1. The number of rotatable bonds is 3. The van der Waals surface area contributed by atoms with Gasteiger partial charge in [0.15, 0.2) is 6.10 Å². The van der Waals surface area contributed by atoms with Crippen LogP contribution in [0.2, 0.25) is 0 Å². The highest BCUT2D eigenvalue weighted by molar-refractivity contribution is 9.11. The summed E-state index contributed by atoms with van der Waals surface area (Å²) in [5.41, 5.74) is 0. The van der Waals surface area contributed by atoms with Crippen LogP contribution in [-0.4, -0.2) is 38.9 Å². The number of likely N-dealkylation sites (tertiary alicyclic amines) is 1. The van der Waals surface area contributed by atoms with Gasteiger partial charge in [0.2, 0.25) is 10.0 Å². The van der Waals surface area contributed by atoms with Crippen molar-refractivity contribution in [1.29, 1.82) is 0 Å². The lowest BCUT2D eigenvalue weighted by atomic mass is 10.3. The molecule has 6 nitrogen and oxygen atoms in total. The highest BCUT2D eigenvalue weighted by Crippen LogP contribution is 2.37. The van der Waals surface area contributed by atoms with E-state index in [4.69, 9.17) is 9.88 Å². The van der Waals surface area contributed by atoms with Gasteiger partial charge in [0.1, 0.15) is 5.75 Å². The fourth-order valence-corrected chi connectivity index (χ4v) is 4.10. The number of likely N-dealkylation sites (N-methyl/N-ethyl adjacent to an activating group) is 1. The van der Waals surface area contributed by atoms with Crippen molar-refractivity contribution in [1.82, 2.24) is 4.90 Å². The number of ether oxygens (including phenoxy) is 1. The number of nitrogens with two attached hydrogens (primary N) is 1. The number of sulfonamides is 1. The molecule has 1 heterocycles. The fraction of sp³-hybridized carbons (Fsp3) is 0.364. The number of carbonyl (C=O) groups excluding carboxylic acids is 1. The van der Waals surface area contributed by atoms with Crippen molar-refractivity contribution in [2.24, 2.45) is 5.14 Å². The highest BCUT2D eigenvalue weighted by Gasteiger charge is 2.32.